The maximum Gasteiger partial charge on any atom is 0.121 e. The fourth-order valence-electron chi connectivity index (χ4n) is 1.96. The minimum Gasteiger partial charge on any atom is -0.491 e. The average molecular weight is 320 g/mol. The summed E-state index contributed by atoms with van der Waals surface area (Å²) in [6, 6.07) is 5.47. The highest BCUT2D eigenvalue weighted by atomic mass is 35.5. The molecule has 20 heavy (non-hydrogen) atoms. The Morgan fingerprint density at radius 3 is 2.50 bits per heavy atom. The minimum atomic E-state index is -0.558. The van der Waals surface area contributed by atoms with Crippen LogP contribution in [-0.4, -0.2) is 30.4 Å². The molecule has 1 aromatic carbocycles. The lowest BCUT2D eigenvalue weighted by Gasteiger charge is -2.22. The van der Waals surface area contributed by atoms with E-state index in [1.165, 1.54) is 0 Å². The number of hydrogen-bond acceptors (Lipinski definition) is 3. The minimum absolute atomic E-state index is 0.222. The van der Waals surface area contributed by atoms with E-state index < -0.39 is 6.10 Å². The molecule has 3 nitrogen and oxygen atoms in total. The van der Waals surface area contributed by atoms with E-state index in [0.717, 1.165) is 6.42 Å². The summed E-state index contributed by atoms with van der Waals surface area (Å²) in [7, 11) is 0. The van der Waals surface area contributed by atoms with E-state index in [2.05, 4.69) is 26.1 Å². The Morgan fingerprint density at radius 1 is 1.25 bits per heavy atom. The summed E-state index contributed by atoms with van der Waals surface area (Å²) in [5.41, 5.74) is 0. The molecule has 0 saturated carbocycles. The normalized spacial score (nSPS) is 14.3. The second-order valence-corrected chi connectivity index (χ2v) is 6.02. The third kappa shape index (κ3) is 5.88. The monoisotopic (exact) mass is 319 g/mol. The van der Waals surface area contributed by atoms with Crippen molar-refractivity contribution in [2.75, 3.05) is 13.2 Å². The summed E-state index contributed by atoms with van der Waals surface area (Å²) < 4.78 is 5.50. The predicted octanol–water partition coefficient (Wildman–Crippen LogP) is 3.76. The Morgan fingerprint density at radius 2 is 1.95 bits per heavy atom. The Labute approximate surface area is 131 Å². The molecule has 0 aliphatic rings. The molecule has 0 radical (unpaired) electrons. The van der Waals surface area contributed by atoms with Gasteiger partial charge in [0.15, 0.2) is 0 Å². The number of ether oxygens (including phenoxy) is 1. The number of rotatable bonds is 8. The standard InChI is InChI=1S/C15H23Cl2NO2/c1-4-15(10(2)3)18-8-11(19)9-20-12-5-6-13(16)14(17)7-12/h5-7,10-11,15,18-19H,4,8-9H2,1-3H3. The Bertz CT molecular complexity index is 413. The summed E-state index contributed by atoms with van der Waals surface area (Å²) in [6.07, 6.45) is 0.482. The van der Waals surface area contributed by atoms with Crippen molar-refractivity contribution in [1.29, 1.82) is 0 Å². The van der Waals surface area contributed by atoms with Crippen LogP contribution in [0.4, 0.5) is 0 Å². The maximum absolute atomic E-state index is 9.91. The van der Waals surface area contributed by atoms with Crippen LogP contribution in [0.1, 0.15) is 27.2 Å². The number of nitrogens with one attached hydrogen (secondary N) is 1. The smallest absolute Gasteiger partial charge is 0.121 e. The zero-order valence-corrected chi connectivity index (χ0v) is 13.7. The van der Waals surface area contributed by atoms with Gasteiger partial charge < -0.3 is 15.2 Å². The van der Waals surface area contributed by atoms with Crippen LogP contribution in [0.2, 0.25) is 10.0 Å². The van der Waals surface area contributed by atoms with E-state index >= 15 is 0 Å². The summed E-state index contributed by atoms with van der Waals surface area (Å²) >= 11 is 11.7. The van der Waals surface area contributed by atoms with Crippen LogP contribution in [0.3, 0.4) is 0 Å². The van der Waals surface area contributed by atoms with E-state index in [9.17, 15) is 5.11 Å². The molecule has 1 aromatic rings. The summed E-state index contributed by atoms with van der Waals surface area (Å²) in [4.78, 5) is 0. The number of benzene rings is 1. The first-order chi connectivity index (χ1) is 9.43. The molecular formula is C15H23Cl2NO2. The lowest BCUT2D eigenvalue weighted by Crippen LogP contribution is -2.40. The van der Waals surface area contributed by atoms with Crippen molar-refractivity contribution in [2.24, 2.45) is 5.92 Å². The van der Waals surface area contributed by atoms with Crippen molar-refractivity contribution in [2.45, 2.75) is 39.3 Å². The third-order valence-corrected chi connectivity index (χ3v) is 3.93. The summed E-state index contributed by atoms with van der Waals surface area (Å²) in [5.74, 6) is 1.15. The number of hydrogen-bond donors (Lipinski definition) is 2. The van der Waals surface area contributed by atoms with E-state index in [-0.39, 0.29) is 6.61 Å². The molecule has 0 amide bonds. The summed E-state index contributed by atoms with van der Waals surface area (Å²) in [6.45, 7) is 7.20. The molecule has 0 spiro atoms. The van der Waals surface area contributed by atoms with Gasteiger partial charge in [-0.2, -0.15) is 0 Å². The Hall–Kier alpha value is -0.480. The first kappa shape index (κ1) is 17.6. The molecule has 2 unspecified atom stereocenters. The molecule has 114 valence electrons. The van der Waals surface area contributed by atoms with Crippen molar-refractivity contribution < 1.29 is 9.84 Å². The van der Waals surface area contributed by atoms with E-state index in [0.29, 0.717) is 34.3 Å². The molecule has 0 fully saturated rings. The molecule has 0 aromatic heterocycles. The molecule has 1 rings (SSSR count). The highest BCUT2D eigenvalue weighted by Crippen LogP contribution is 2.26. The predicted molar refractivity (Wildman–Crippen MR) is 84.9 cm³/mol. The van der Waals surface area contributed by atoms with Crippen LogP contribution in [0.5, 0.6) is 5.75 Å². The zero-order chi connectivity index (χ0) is 15.1. The van der Waals surface area contributed by atoms with Crippen molar-refractivity contribution in [3.05, 3.63) is 28.2 Å². The molecule has 2 N–H and O–H groups in total. The number of aliphatic hydroxyl groups excluding tert-OH is 1. The lowest BCUT2D eigenvalue weighted by atomic mass is 10.0. The molecule has 2 atom stereocenters. The first-order valence-electron chi connectivity index (χ1n) is 6.93. The highest BCUT2D eigenvalue weighted by Gasteiger charge is 2.13. The van der Waals surface area contributed by atoms with Gasteiger partial charge in [-0.1, -0.05) is 44.0 Å². The Balaban J connectivity index is 2.35. The topological polar surface area (TPSA) is 41.5 Å². The average Bonchev–Trinajstić information content (AvgIpc) is 2.40. The molecule has 0 heterocycles. The van der Waals surface area contributed by atoms with Gasteiger partial charge in [-0.15, -0.1) is 0 Å². The van der Waals surface area contributed by atoms with Crippen LogP contribution in [-0.2, 0) is 0 Å². The van der Waals surface area contributed by atoms with Gasteiger partial charge >= 0.3 is 0 Å². The third-order valence-electron chi connectivity index (χ3n) is 3.19. The van der Waals surface area contributed by atoms with E-state index in [1.807, 2.05) is 0 Å². The van der Waals surface area contributed by atoms with Crippen LogP contribution in [0, 0.1) is 5.92 Å². The van der Waals surface area contributed by atoms with Gasteiger partial charge in [0.1, 0.15) is 18.5 Å². The van der Waals surface area contributed by atoms with Crippen molar-refractivity contribution in [3.63, 3.8) is 0 Å². The fourth-order valence-corrected chi connectivity index (χ4v) is 2.24. The second-order valence-electron chi connectivity index (χ2n) is 5.21. The lowest BCUT2D eigenvalue weighted by molar-refractivity contribution is 0.101. The molecule has 0 aliphatic heterocycles. The largest absolute Gasteiger partial charge is 0.491 e. The first-order valence-corrected chi connectivity index (χ1v) is 7.69. The highest BCUT2D eigenvalue weighted by molar-refractivity contribution is 6.42. The second kappa shape index (κ2) is 8.73. The molecule has 0 aliphatic carbocycles. The number of halogens is 2. The van der Waals surface area contributed by atoms with Crippen molar-refractivity contribution >= 4 is 23.2 Å². The number of aliphatic hydroxyl groups is 1. The van der Waals surface area contributed by atoms with E-state index in [4.69, 9.17) is 27.9 Å². The SMILES string of the molecule is CCC(NCC(O)COc1ccc(Cl)c(Cl)c1)C(C)C. The molecule has 5 heteroatoms. The van der Waals surface area contributed by atoms with Crippen LogP contribution in [0.25, 0.3) is 0 Å². The van der Waals surface area contributed by atoms with Gasteiger partial charge in [0.2, 0.25) is 0 Å². The molecule has 0 saturated heterocycles. The molecule has 0 bridgehead atoms. The fraction of sp³-hybridized carbons (Fsp3) is 0.600. The summed E-state index contributed by atoms with van der Waals surface area (Å²) in [5, 5.41) is 14.2. The van der Waals surface area contributed by atoms with Crippen LogP contribution >= 0.6 is 23.2 Å². The van der Waals surface area contributed by atoms with E-state index in [1.54, 1.807) is 18.2 Å². The van der Waals surface area contributed by atoms with Gasteiger partial charge in [-0.25, -0.2) is 0 Å². The quantitative estimate of drug-likeness (QED) is 0.766. The zero-order valence-electron chi connectivity index (χ0n) is 12.2. The van der Waals surface area contributed by atoms with Gasteiger partial charge in [0, 0.05) is 18.7 Å². The van der Waals surface area contributed by atoms with Gasteiger partial charge in [-0.3, -0.25) is 0 Å². The van der Waals surface area contributed by atoms with Crippen molar-refractivity contribution in [3.8, 4) is 5.75 Å². The Kier molecular flexibility index (Phi) is 7.67. The van der Waals surface area contributed by atoms with Gasteiger partial charge in [0.25, 0.3) is 0 Å². The van der Waals surface area contributed by atoms with Gasteiger partial charge in [0.05, 0.1) is 10.0 Å². The molecular weight excluding hydrogens is 297 g/mol. The maximum atomic E-state index is 9.91. The van der Waals surface area contributed by atoms with Crippen LogP contribution in [0.15, 0.2) is 18.2 Å². The van der Waals surface area contributed by atoms with Crippen molar-refractivity contribution in [1.82, 2.24) is 5.32 Å². The van der Waals surface area contributed by atoms with Gasteiger partial charge in [-0.05, 0) is 24.5 Å². The van der Waals surface area contributed by atoms with Crippen LogP contribution < -0.4 is 10.1 Å².